The third-order valence-corrected chi connectivity index (χ3v) is 4.34. The maximum absolute atomic E-state index is 12.7. The van der Waals surface area contributed by atoms with Crippen LogP contribution in [0.15, 0.2) is 78.9 Å². The van der Waals surface area contributed by atoms with E-state index in [0.717, 1.165) is 0 Å². The Morgan fingerprint density at radius 2 is 1.38 bits per heavy atom. The van der Waals surface area contributed by atoms with Crippen molar-refractivity contribution in [3.05, 3.63) is 90.0 Å². The molecule has 0 radical (unpaired) electrons. The quantitative estimate of drug-likeness (QED) is 0.386. The van der Waals surface area contributed by atoms with Crippen LogP contribution in [0.25, 0.3) is 0 Å². The summed E-state index contributed by atoms with van der Waals surface area (Å²) in [4.78, 5) is 37.0. The van der Waals surface area contributed by atoms with Gasteiger partial charge in [0.2, 0.25) is 0 Å². The molecular weight excluding hydrogens is 410 g/mol. The highest BCUT2D eigenvalue weighted by atomic mass is 16.6. The molecule has 0 bridgehead atoms. The molecule has 3 rings (SSSR count). The van der Waals surface area contributed by atoms with Crippen molar-refractivity contribution in [3.63, 3.8) is 0 Å². The van der Waals surface area contributed by atoms with Gasteiger partial charge >= 0.3 is 5.97 Å². The molecule has 0 saturated carbocycles. The van der Waals surface area contributed by atoms with Crippen LogP contribution < -0.4 is 14.8 Å². The summed E-state index contributed by atoms with van der Waals surface area (Å²) in [5.74, 6) is -0.578. The summed E-state index contributed by atoms with van der Waals surface area (Å²) < 4.78 is 15.8. The summed E-state index contributed by atoms with van der Waals surface area (Å²) in [7, 11) is 0. The fourth-order valence-electron chi connectivity index (χ4n) is 2.89. The maximum atomic E-state index is 12.7. The van der Waals surface area contributed by atoms with E-state index in [1.807, 2.05) is 13.0 Å². The van der Waals surface area contributed by atoms with E-state index in [9.17, 15) is 14.4 Å². The van der Waals surface area contributed by atoms with Crippen molar-refractivity contribution in [2.45, 2.75) is 6.92 Å². The summed E-state index contributed by atoms with van der Waals surface area (Å²) in [6.45, 7) is 1.41. The van der Waals surface area contributed by atoms with Crippen LogP contribution in [0.3, 0.4) is 0 Å². The number of ketones is 1. The number of carbonyl (C=O) groups excluding carboxylic acids is 3. The van der Waals surface area contributed by atoms with E-state index >= 15 is 0 Å². The second kappa shape index (κ2) is 11.3. The number of esters is 1. The van der Waals surface area contributed by atoms with Gasteiger partial charge in [-0.3, -0.25) is 9.59 Å². The molecule has 0 heterocycles. The maximum Gasteiger partial charge on any atom is 0.344 e. The minimum Gasteiger partial charge on any atom is -0.490 e. The Balaban J connectivity index is 1.53. The molecule has 0 aliphatic heterocycles. The number of ether oxygens (including phenoxy) is 3. The summed E-state index contributed by atoms with van der Waals surface area (Å²) in [5, 5.41) is 2.62. The first kappa shape index (κ1) is 22.6. The Labute approximate surface area is 185 Å². The molecule has 1 N–H and O–H groups in total. The Morgan fingerprint density at radius 1 is 0.750 bits per heavy atom. The second-order valence-electron chi connectivity index (χ2n) is 6.62. The number of carbonyl (C=O) groups is 3. The number of para-hydroxylation sites is 3. The summed E-state index contributed by atoms with van der Waals surface area (Å²) in [5.41, 5.74) is 1.18. The highest BCUT2D eigenvalue weighted by molar-refractivity contribution is 6.13. The van der Waals surface area contributed by atoms with Gasteiger partial charge in [0.05, 0.1) is 12.3 Å². The third-order valence-electron chi connectivity index (χ3n) is 4.34. The molecule has 32 heavy (non-hydrogen) atoms. The van der Waals surface area contributed by atoms with Crippen LogP contribution in [0.1, 0.15) is 22.8 Å². The van der Waals surface area contributed by atoms with E-state index in [2.05, 4.69) is 5.32 Å². The normalized spacial score (nSPS) is 10.2. The summed E-state index contributed by atoms with van der Waals surface area (Å²) in [6.07, 6.45) is 0. The van der Waals surface area contributed by atoms with E-state index in [1.165, 1.54) is 0 Å². The van der Waals surface area contributed by atoms with E-state index in [0.29, 0.717) is 34.9 Å². The lowest BCUT2D eigenvalue weighted by Crippen LogP contribution is -2.24. The SMILES string of the molecule is CCOc1ccccc1OCC(=O)OCC(=O)Nc1ccccc1C(=O)c1ccccc1. The van der Waals surface area contributed by atoms with Crippen LogP contribution in [0.4, 0.5) is 5.69 Å². The first-order valence-corrected chi connectivity index (χ1v) is 10.1. The van der Waals surface area contributed by atoms with Gasteiger partial charge in [0, 0.05) is 11.1 Å². The van der Waals surface area contributed by atoms with Crippen molar-refractivity contribution in [1.29, 1.82) is 0 Å². The van der Waals surface area contributed by atoms with Gasteiger partial charge in [0.1, 0.15) is 0 Å². The largest absolute Gasteiger partial charge is 0.490 e. The average molecular weight is 433 g/mol. The molecule has 7 heteroatoms. The van der Waals surface area contributed by atoms with E-state index in [-0.39, 0.29) is 12.4 Å². The Hall–Kier alpha value is -4.13. The molecule has 0 spiro atoms. The van der Waals surface area contributed by atoms with Gasteiger partial charge in [-0.2, -0.15) is 0 Å². The number of hydrogen-bond acceptors (Lipinski definition) is 6. The van der Waals surface area contributed by atoms with Gasteiger partial charge in [-0.15, -0.1) is 0 Å². The average Bonchev–Trinajstić information content (AvgIpc) is 2.83. The lowest BCUT2D eigenvalue weighted by atomic mass is 10.0. The van der Waals surface area contributed by atoms with Crippen molar-refractivity contribution in [3.8, 4) is 11.5 Å². The minimum absolute atomic E-state index is 0.222. The first-order valence-electron chi connectivity index (χ1n) is 10.1. The van der Waals surface area contributed by atoms with Crippen molar-refractivity contribution >= 4 is 23.3 Å². The van der Waals surface area contributed by atoms with Crippen molar-refractivity contribution < 1.29 is 28.6 Å². The Kier molecular flexibility index (Phi) is 7.97. The molecule has 0 unspecified atom stereocenters. The van der Waals surface area contributed by atoms with Crippen LogP contribution >= 0.6 is 0 Å². The third kappa shape index (κ3) is 6.18. The Morgan fingerprint density at radius 3 is 2.09 bits per heavy atom. The molecule has 0 aromatic heterocycles. The number of nitrogens with one attached hydrogen (secondary N) is 1. The number of rotatable bonds is 10. The molecule has 3 aromatic rings. The monoisotopic (exact) mass is 433 g/mol. The van der Waals surface area contributed by atoms with E-state index < -0.39 is 18.5 Å². The number of anilines is 1. The second-order valence-corrected chi connectivity index (χ2v) is 6.62. The lowest BCUT2D eigenvalue weighted by Gasteiger charge is -2.12. The fourth-order valence-corrected chi connectivity index (χ4v) is 2.89. The number of amides is 1. The van der Waals surface area contributed by atoms with Crippen LogP contribution in [-0.2, 0) is 14.3 Å². The molecule has 0 aliphatic rings. The van der Waals surface area contributed by atoms with Crippen molar-refractivity contribution in [2.24, 2.45) is 0 Å². The highest BCUT2D eigenvalue weighted by Gasteiger charge is 2.16. The predicted octanol–water partition coefficient (Wildman–Crippen LogP) is 3.88. The smallest absolute Gasteiger partial charge is 0.344 e. The summed E-state index contributed by atoms with van der Waals surface area (Å²) in [6, 6.07) is 22.4. The van der Waals surface area contributed by atoms with Crippen LogP contribution in [-0.4, -0.2) is 37.5 Å². The lowest BCUT2D eigenvalue weighted by molar-refractivity contribution is -0.149. The fraction of sp³-hybridized carbons (Fsp3) is 0.160. The number of benzene rings is 3. The van der Waals surface area contributed by atoms with Crippen molar-refractivity contribution in [2.75, 3.05) is 25.1 Å². The summed E-state index contributed by atoms with van der Waals surface area (Å²) >= 11 is 0. The topological polar surface area (TPSA) is 90.9 Å². The molecule has 0 saturated heterocycles. The van der Waals surface area contributed by atoms with Gasteiger partial charge < -0.3 is 19.5 Å². The zero-order valence-corrected chi connectivity index (χ0v) is 17.6. The molecule has 0 fully saturated rings. The molecule has 0 atom stereocenters. The molecule has 1 amide bonds. The van der Waals surface area contributed by atoms with E-state index in [4.69, 9.17) is 14.2 Å². The van der Waals surface area contributed by atoms with Gasteiger partial charge in [0.15, 0.2) is 30.5 Å². The van der Waals surface area contributed by atoms with Gasteiger partial charge in [-0.25, -0.2) is 4.79 Å². The van der Waals surface area contributed by atoms with Gasteiger partial charge in [-0.05, 0) is 31.2 Å². The zero-order chi connectivity index (χ0) is 22.8. The van der Waals surface area contributed by atoms with Gasteiger partial charge in [0.25, 0.3) is 5.91 Å². The zero-order valence-electron chi connectivity index (χ0n) is 17.6. The van der Waals surface area contributed by atoms with Crippen LogP contribution in [0.5, 0.6) is 11.5 Å². The first-order chi connectivity index (χ1) is 15.6. The minimum atomic E-state index is -0.708. The molecular formula is C25H23NO6. The standard InChI is InChI=1S/C25H23NO6/c1-2-30-21-14-8-9-15-22(21)31-17-24(28)32-16-23(27)26-20-13-7-6-12-19(20)25(29)18-10-4-3-5-11-18/h3-15H,2,16-17H2,1H3,(H,26,27). The van der Waals surface area contributed by atoms with Gasteiger partial charge in [-0.1, -0.05) is 54.6 Å². The molecule has 0 aliphatic carbocycles. The van der Waals surface area contributed by atoms with Crippen molar-refractivity contribution in [1.82, 2.24) is 0 Å². The Bertz CT molecular complexity index is 1080. The molecule has 3 aromatic carbocycles. The molecule has 164 valence electrons. The van der Waals surface area contributed by atoms with E-state index in [1.54, 1.807) is 72.8 Å². The predicted molar refractivity (Wildman–Crippen MR) is 119 cm³/mol. The number of hydrogen-bond donors (Lipinski definition) is 1. The van der Waals surface area contributed by atoms with Crippen LogP contribution in [0, 0.1) is 0 Å². The van der Waals surface area contributed by atoms with Crippen LogP contribution in [0.2, 0.25) is 0 Å². The molecule has 7 nitrogen and oxygen atoms in total. The highest BCUT2D eigenvalue weighted by Crippen LogP contribution is 2.26.